The maximum atomic E-state index is 12.3. The van der Waals surface area contributed by atoms with Crippen molar-refractivity contribution in [2.75, 3.05) is 32.8 Å². The fourth-order valence-corrected chi connectivity index (χ4v) is 2.29. The van der Waals surface area contributed by atoms with Crippen LogP contribution in [0.15, 0.2) is 30.3 Å². The Bertz CT molecular complexity index is 564. The monoisotopic (exact) mass is 320 g/mol. The van der Waals surface area contributed by atoms with E-state index in [2.05, 4.69) is 16.0 Å². The zero-order valence-corrected chi connectivity index (χ0v) is 12.6. The summed E-state index contributed by atoms with van der Waals surface area (Å²) in [5, 5.41) is 16.7. The number of urea groups is 1. The molecule has 124 valence electrons. The van der Waals surface area contributed by atoms with E-state index in [4.69, 9.17) is 5.11 Å². The van der Waals surface area contributed by atoms with Gasteiger partial charge in [0, 0.05) is 26.2 Å². The molecule has 0 radical (unpaired) electrons. The van der Waals surface area contributed by atoms with Crippen molar-refractivity contribution in [3.05, 3.63) is 35.9 Å². The first kappa shape index (κ1) is 16.8. The van der Waals surface area contributed by atoms with Crippen LogP contribution in [0, 0.1) is 0 Å². The van der Waals surface area contributed by atoms with Gasteiger partial charge in [-0.15, -0.1) is 0 Å². The lowest BCUT2D eigenvalue weighted by Gasteiger charge is -2.20. The maximum Gasteiger partial charge on any atom is 0.317 e. The largest absolute Gasteiger partial charge is 0.387 e. The number of nitrogens with zero attached hydrogens (tertiary/aromatic N) is 1. The predicted molar refractivity (Wildman–Crippen MR) is 82.4 cm³/mol. The number of carbonyl (C=O) groups excluding carboxylic acids is 3. The van der Waals surface area contributed by atoms with Gasteiger partial charge in [0.1, 0.15) is 12.6 Å². The molecule has 4 amide bonds. The molecule has 0 spiro atoms. The Morgan fingerprint density at radius 2 is 2.04 bits per heavy atom. The number of rotatable bonds is 7. The van der Waals surface area contributed by atoms with Gasteiger partial charge >= 0.3 is 6.03 Å². The molecule has 1 atom stereocenters. The summed E-state index contributed by atoms with van der Waals surface area (Å²) in [6.45, 7) is 1.20. The highest BCUT2D eigenvalue weighted by atomic mass is 16.3. The zero-order valence-electron chi connectivity index (χ0n) is 12.6. The Hall–Kier alpha value is -2.61. The Morgan fingerprint density at radius 3 is 2.65 bits per heavy atom. The second kappa shape index (κ2) is 8.14. The SMILES string of the molecule is O=C(CO)N[C@@H](C(=O)NCCN1CCNC1=O)c1ccccc1. The molecule has 0 unspecified atom stereocenters. The van der Waals surface area contributed by atoms with E-state index in [1.807, 2.05) is 0 Å². The standard InChI is InChI=1S/C15H20N4O4/c20-10-12(21)18-13(11-4-2-1-3-5-11)14(22)16-6-8-19-9-7-17-15(19)23/h1-5,13,20H,6-10H2,(H,16,22)(H,17,23)(H,18,21)/t13-/m1/s1. The second-order valence-electron chi connectivity index (χ2n) is 5.08. The van der Waals surface area contributed by atoms with Crippen molar-refractivity contribution in [3.63, 3.8) is 0 Å². The molecule has 4 N–H and O–H groups in total. The van der Waals surface area contributed by atoms with E-state index < -0.39 is 24.5 Å². The summed E-state index contributed by atoms with van der Waals surface area (Å²) in [6.07, 6.45) is 0. The molecule has 0 aromatic heterocycles. The Labute approximate surface area is 133 Å². The van der Waals surface area contributed by atoms with Crippen LogP contribution in [0.2, 0.25) is 0 Å². The molecule has 1 saturated heterocycles. The van der Waals surface area contributed by atoms with Crippen molar-refractivity contribution < 1.29 is 19.5 Å². The summed E-state index contributed by atoms with van der Waals surface area (Å²) in [4.78, 5) is 36.8. The van der Waals surface area contributed by atoms with Crippen LogP contribution in [0.25, 0.3) is 0 Å². The van der Waals surface area contributed by atoms with Crippen molar-refractivity contribution in [1.29, 1.82) is 0 Å². The normalized spacial score (nSPS) is 15.0. The van der Waals surface area contributed by atoms with Gasteiger partial charge in [-0.3, -0.25) is 9.59 Å². The average Bonchev–Trinajstić information content (AvgIpc) is 2.98. The lowest BCUT2D eigenvalue weighted by molar-refractivity contribution is -0.130. The van der Waals surface area contributed by atoms with E-state index in [1.54, 1.807) is 35.2 Å². The minimum Gasteiger partial charge on any atom is -0.387 e. The van der Waals surface area contributed by atoms with Gasteiger partial charge in [0.2, 0.25) is 11.8 Å². The molecule has 1 fully saturated rings. The van der Waals surface area contributed by atoms with E-state index in [9.17, 15) is 14.4 Å². The minimum atomic E-state index is -0.886. The van der Waals surface area contributed by atoms with Crippen molar-refractivity contribution in [2.24, 2.45) is 0 Å². The van der Waals surface area contributed by atoms with Gasteiger partial charge < -0.3 is 26.0 Å². The first-order valence-electron chi connectivity index (χ1n) is 7.37. The van der Waals surface area contributed by atoms with Gasteiger partial charge in [-0.2, -0.15) is 0 Å². The van der Waals surface area contributed by atoms with Gasteiger partial charge in [0.25, 0.3) is 0 Å². The van der Waals surface area contributed by atoms with Crippen LogP contribution in [-0.2, 0) is 9.59 Å². The molecule has 23 heavy (non-hydrogen) atoms. The van der Waals surface area contributed by atoms with Crippen LogP contribution < -0.4 is 16.0 Å². The van der Waals surface area contributed by atoms with Gasteiger partial charge in [-0.25, -0.2) is 4.79 Å². The minimum absolute atomic E-state index is 0.146. The Balaban J connectivity index is 1.93. The van der Waals surface area contributed by atoms with E-state index >= 15 is 0 Å². The number of aliphatic hydroxyl groups is 1. The lowest BCUT2D eigenvalue weighted by atomic mass is 10.1. The number of hydrogen-bond donors (Lipinski definition) is 4. The fraction of sp³-hybridized carbons (Fsp3) is 0.400. The average molecular weight is 320 g/mol. The molecule has 8 nitrogen and oxygen atoms in total. The Kier molecular flexibility index (Phi) is 5.93. The third kappa shape index (κ3) is 4.68. The van der Waals surface area contributed by atoms with Crippen LogP contribution in [0.3, 0.4) is 0 Å². The van der Waals surface area contributed by atoms with E-state index in [0.29, 0.717) is 25.2 Å². The third-order valence-corrected chi connectivity index (χ3v) is 3.47. The molecular formula is C15H20N4O4. The van der Waals surface area contributed by atoms with Crippen LogP contribution in [0.5, 0.6) is 0 Å². The van der Waals surface area contributed by atoms with Crippen LogP contribution in [0.4, 0.5) is 4.79 Å². The van der Waals surface area contributed by atoms with Crippen LogP contribution >= 0.6 is 0 Å². The highest BCUT2D eigenvalue weighted by Gasteiger charge is 2.23. The van der Waals surface area contributed by atoms with Gasteiger partial charge in [0.05, 0.1) is 0 Å². The van der Waals surface area contributed by atoms with E-state index in [0.717, 1.165) is 0 Å². The molecule has 8 heteroatoms. The summed E-state index contributed by atoms with van der Waals surface area (Å²) in [5.74, 6) is -1.02. The van der Waals surface area contributed by atoms with E-state index in [-0.39, 0.29) is 12.6 Å². The molecule has 1 aliphatic heterocycles. The first-order chi connectivity index (χ1) is 11.1. The molecule has 0 aliphatic carbocycles. The summed E-state index contributed by atoms with van der Waals surface area (Å²) in [6, 6.07) is 7.73. The first-order valence-corrected chi connectivity index (χ1v) is 7.37. The molecule has 2 rings (SSSR count). The highest BCUT2D eigenvalue weighted by Crippen LogP contribution is 2.12. The molecule has 1 aromatic rings. The molecule has 1 heterocycles. The van der Waals surface area contributed by atoms with Gasteiger partial charge in [0.15, 0.2) is 0 Å². The smallest absolute Gasteiger partial charge is 0.317 e. The van der Waals surface area contributed by atoms with Crippen molar-refractivity contribution in [2.45, 2.75) is 6.04 Å². The van der Waals surface area contributed by atoms with Gasteiger partial charge in [-0.05, 0) is 5.56 Å². The van der Waals surface area contributed by atoms with Crippen molar-refractivity contribution in [1.82, 2.24) is 20.9 Å². The number of amides is 4. The third-order valence-electron chi connectivity index (χ3n) is 3.47. The number of carbonyl (C=O) groups is 3. The lowest BCUT2D eigenvalue weighted by Crippen LogP contribution is -2.44. The number of aliphatic hydroxyl groups excluding tert-OH is 1. The quantitative estimate of drug-likeness (QED) is 0.515. The molecule has 1 aliphatic rings. The summed E-state index contributed by atoms with van der Waals surface area (Å²) < 4.78 is 0. The summed E-state index contributed by atoms with van der Waals surface area (Å²) in [5.41, 5.74) is 0.616. The number of hydrogen-bond acceptors (Lipinski definition) is 4. The van der Waals surface area contributed by atoms with E-state index in [1.165, 1.54) is 0 Å². The fourth-order valence-electron chi connectivity index (χ4n) is 2.29. The van der Waals surface area contributed by atoms with Crippen LogP contribution in [-0.4, -0.2) is 60.6 Å². The highest BCUT2D eigenvalue weighted by molar-refractivity contribution is 5.89. The number of benzene rings is 1. The topological polar surface area (TPSA) is 111 Å². The predicted octanol–water partition coefficient (Wildman–Crippen LogP) is -1.02. The molecule has 0 bridgehead atoms. The van der Waals surface area contributed by atoms with Crippen molar-refractivity contribution in [3.8, 4) is 0 Å². The van der Waals surface area contributed by atoms with Crippen LogP contribution in [0.1, 0.15) is 11.6 Å². The summed E-state index contributed by atoms with van der Waals surface area (Å²) >= 11 is 0. The second-order valence-corrected chi connectivity index (χ2v) is 5.08. The van der Waals surface area contributed by atoms with Crippen molar-refractivity contribution >= 4 is 17.8 Å². The molecule has 1 aromatic carbocycles. The maximum absolute atomic E-state index is 12.3. The zero-order chi connectivity index (χ0) is 16.7. The number of nitrogens with one attached hydrogen (secondary N) is 3. The Morgan fingerprint density at radius 1 is 1.30 bits per heavy atom. The molecular weight excluding hydrogens is 300 g/mol. The molecule has 0 saturated carbocycles. The van der Waals surface area contributed by atoms with Gasteiger partial charge in [-0.1, -0.05) is 30.3 Å². The summed E-state index contributed by atoms with van der Waals surface area (Å²) in [7, 11) is 0.